The Labute approximate surface area is 108 Å². The first-order valence-corrected chi connectivity index (χ1v) is 7.40. The fourth-order valence-corrected chi connectivity index (χ4v) is 2.10. The maximum atomic E-state index is 10.8. The highest BCUT2D eigenvalue weighted by Gasteiger charge is 2.03. The lowest BCUT2D eigenvalue weighted by atomic mass is 10.1. The van der Waals surface area contributed by atoms with Gasteiger partial charge in [0.25, 0.3) is 0 Å². The highest BCUT2D eigenvalue weighted by molar-refractivity contribution is 5.46. The third kappa shape index (κ3) is 11.7. The predicted octanol–water partition coefficient (Wildman–Crippen LogP) is 4.24. The summed E-state index contributed by atoms with van der Waals surface area (Å²) in [4.78, 5) is 12.7. The van der Waals surface area contributed by atoms with Gasteiger partial charge in [-0.15, -0.1) is 0 Å². The van der Waals surface area contributed by atoms with Crippen molar-refractivity contribution in [1.29, 1.82) is 0 Å². The Kier molecular flexibility index (Phi) is 11.6. The molecular formula is C15H31NO. The van der Waals surface area contributed by atoms with Crippen molar-refractivity contribution in [2.24, 2.45) is 5.92 Å². The average Bonchev–Trinajstić information content (AvgIpc) is 2.30. The van der Waals surface area contributed by atoms with Crippen LogP contribution in [0.15, 0.2) is 0 Å². The molecular weight excluding hydrogens is 210 g/mol. The number of amides is 1. The molecule has 0 bridgehead atoms. The van der Waals surface area contributed by atoms with Crippen molar-refractivity contribution in [2.75, 3.05) is 13.1 Å². The predicted molar refractivity (Wildman–Crippen MR) is 75.1 cm³/mol. The van der Waals surface area contributed by atoms with Crippen LogP contribution in [0.5, 0.6) is 0 Å². The molecule has 0 spiro atoms. The number of carbonyl (C=O) groups excluding carboxylic acids is 1. The number of rotatable bonds is 12. The summed E-state index contributed by atoms with van der Waals surface area (Å²) in [6.45, 7) is 8.41. The third-order valence-corrected chi connectivity index (χ3v) is 3.05. The van der Waals surface area contributed by atoms with Gasteiger partial charge in [0.1, 0.15) is 0 Å². The van der Waals surface area contributed by atoms with Crippen molar-refractivity contribution < 1.29 is 4.79 Å². The van der Waals surface area contributed by atoms with Crippen LogP contribution in [0, 0.1) is 5.92 Å². The van der Waals surface area contributed by atoms with E-state index in [-0.39, 0.29) is 0 Å². The summed E-state index contributed by atoms with van der Waals surface area (Å²) in [7, 11) is 0. The molecule has 0 saturated carbocycles. The molecule has 0 heterocycles. The molecule has 0 aliphatic heterocycles. The lowest BCUT2D eigenvalue weighted by Crippen LogP contribution is -2.27. The quantitative estimate of drug-likeness (QED) is 0.369. The van der Waals surface area contributed by atoms with Crippen LogP contribution in [0.4, 0.5) is 0 Å². The van der Waals surface area contributed by atoms with E-state index >= 15 is 0 Å². The zero-order valence-electron chi connectivity index (χ0n) is 12.1. The van der Waals surface area contributed by atoms with Crippen LogP contribution in [0.1, 0.15) is 72.1 Å². The Morgan fingerprint density at radius 2 is 1.47 bits per heavy atom. The number of carbonyl (C=O) groups is 1. The van der Waals surface area contributed by atoms with Gasteiger partial charge in [-0.2, -0.15) is 0 Å². The highest BCUT2D eigenvalue weighted by Crippen LogP contribution is 2.09. The maximum Gasteiger partial charge on any atom is 0.209 e. The second-order valence-corrected chi connectivity index (χ2v) is 5.47. The highest BCUT2D eigenvalue weighted by atomic mass is 16.1. The van der Waals surface area contributed by atoms with Gasteiger partial charge in [-0.3, -0.25) is 4.79 Å². The standard InChI is InChI=1S/C15H31NO/c1-4-5-6-7-8-9-10-11-12-16(14-17)13-15(2)3/h14-15H,4-13H2,1-3H3. The van der Waals surface area contributed by atoms with Crippen LogP contribution in [0.25, 0.3) is 0 Å². The number of hydrogen-bond donors (Lipinski definition) is 0. The zero-order chi connectivity index (χ0) is 12.9. The van der Waals surface area contributed by atoms with E-state index in [0.29, 0.717) is 5.92 Å². The molecule has 0 fully saturated rings. The molecule has 0 aromatic heterocycles. The molecule has 0 aliphatic rings. The van der Waals surface area contributed by atoms with E-state index in [4.69, 9.17) is 0 Å². The monoisotopic (exact) mass is 241 g/mol. The number of nitrogens with zero attached hydrogens (tertiary/aromatic N) is 1. The molecule has 0 aromatic carbocycles. The minimum absolute atomic E-state index is 0.578. The van der Waals surface area contributed by atoms with E-state index < -0.39 is 0 Å². The third-order valence-electron chi connectivity index (χ3n) is 3.05. The van der Waals surface area contributed by atoms with E-state index in [9.17, 15) is 4.79 Å². The summed E-state index contributed by atoms with van der Waals surface area (Å²) < 4.78 is 0. The van der Waals surface area contributed by atoms with Gasteiger partial charge >= 0.3 is 0 Å². The van der Waals surface area contributed by atoms with Crippen molar-refractivity contribution in [1.82, 2.24) is 4.90 Å². The molecule has 17 heavy (non-hydrogen) atoms. The van der Waals surface area contributed by atoms with Crippen molar-refractivity contribution in [2.45, 2.75) is 72.1 Å². The fourth-order valence-electron chi connectivity index (χ4n) is 2.10. The Balaban J connectivity index is 3.28. The minimum Gasteiger partial charge on any atom is -0.345 e. The summed E-state index contributed by atoms with van der Waals surface area (Å²) in [5.41, 5.74) is 0. The van der Waals surface area contributed by atoms with E-state index in [1.807, 2.05) is 4.90 Å². The van der Waals surface area contributed by atoms with Crippen LogP contribution >= 0.6 is 0 Å². The molecule has 0 atom stereocenters. The molecule has 0 saturated heterocycles. The SMILES string of the molecule is CCCCCCCCCCN(C=O)CC(C)C. The second kappa shape index (κ2) is 11.9. The molecule has 0 N–H and O–H groups in total. The first kappa shape index (κ1) is 16.5. The summed E-state index contributed by atoms with van der Waals surface area (Å²) >= 11 is 0. The number of unbranched alkanes of at least 4 members (excludes halogenated alkanes) is 7. The van der Waals surface area contributed by atoms with Crippen molar-refractivity contribution in [3.05, 3.63) is 0 Å². The summed E-state index contributed by atoms with van der Waals surface area (Å²) in [5, 5.41) is 0. The molecule has 0 radical (unpaired) electrons. The van der Waals surface area contributed by atoms with Gasteiger partial charge in [0, 0.05) is 13.1 Å². The zero-order valence-corrected chi connectivity index (χ0v) is 12.1. The van der Waals surface area contributed by atoms with E-state index in [1.54, 1.807) is 0 Å². The molecule has 2 nitrogen and oxygen atoms in total. The Bertz CT molecular complexity index is 168. The van der Waals surface area contributed by atoms with E-state index in [2.05, 4.69) is 20.8 Å². The second-order valence-electron chi connectivity index (χ2n) is 5.47. The van der Waals surface area contributed by atoms with E-state index in [0.717, 1.165) is 19.5 Å². The molecule has 0 aromatic rings. The van der Waals surface area contributed by atoms with Crippen LogP contribution in [0.3, 0.4) is 0 Å². The largest absolute Gasteiger partial charge is 0.345 e. The fraction of sp³-hybridized carbons (Fsp3) is 0.933. The molecule has 102 valence electrons. The van der Waals surface area contributed by atoms with Gasteiger partial charge < -0.3 is 4.90 Å². The normalized spacial score (nSPS) is 10.8. The van der Waals surface area contributed by atoms with Crippen LogP contribution in [0.2, 0.25) is 0 Å². The van der Waals surface area contributed by atoms with Crippen LogP contribution in [-0.2, 0) is 4.79 Å². The van der Waals surface area contributed by atoms with Crippen LogP contribution in [-0.4, -0.2) is 24.4 Å². The first-order chi connectivity index (χ1) is 8.20. The van der Waals surface area contributed by atoms with Gasteiger partial charge in [-0.05, 0) is 12.3 Å². The maximum absolute atomic E-state index is 10.8. The average molecular weight is 241 g/mol. The Morgan fingerprint density at radius 3 is 1.94 bits per heavy atom. The van der Waals surface area contributed by atoms with Gasteiger partial charge in [0.05, 0.1) is 0 Å². The molecule has 1 amide bonds. The van der Waals surface area contributed by atoms with Crippen molar-refractivity contribution >= 4 is 6.41 Å². The Hall–Kier alpha value is -0.530. The molecule has 0 rings (SSSR count). The minimum atomic E-state index is 0.578. The summed E-state index contributed by atoms with van der Waals surface area (Å²) in [6, 6.07) is 0. The summed E-state index contributed by atoms with van der Waals surface area (Å²) in [6.07, 6.45) is 11.6. The lowest BCUT2D eigenvalue weighted by molar-refractivity contribution is -0.118. The van der Waals surface area contributed by atoms with Gasteiger partial charge in [-0.25, -0.2) is 0 Å². The first-order valence-electron chi connectivity index (χ1n) is 7.40. The molecule has 2 heteroatoms. The lowest BCUT2D eigenvalue weighted by Gasteiger charge is -2.19. The van der Waals surface area contributed by atoms with Crippen LogP contribution < -0.4 is 0 Å². The van der Waals surface area contributed by atoms with E-state index in [1.165, 1.54) is 51.4 Å². The smallest absolute Gasteiger partial charge is 0.209 e. The summed E-state index contributed by atoms with van der Waals surface area (Å²) in [5.74, 6) is 0.578. The van der Waals surface area contributed by atoms with Gasteiger partial charge in [-0.1, -0.05) is 65.7 Å². The Morgan fingerprint density at radius 1 is 0.941 bits per heavy atom. The molecule has 0 aliphatic carbocycles. The topological polar surface area (TPSA) is 20.3 Å². The number of hydrogen-bond acceptors (Lipinski definition) is 1. The van der Waals surface area contributed by atoms with Gasteiger partial charge in [0.15, 0.2) is 0 Å². The molecule has 0 unspecified atom stereocenters. The van der Waals surface area contributed by atoms with Crippen molar-refractivity contribution in [3.63, 3.8) is 0 Å². The van der Waals surface area contributed by atoms with Gasteiger partial charge in [0.2, 0.25) is 6.41 Å². The van der Waals surface area contributed by atoms with Crippen molar-refractivity contribution in [3.8, 4) is 0 Å².